The van der Waals surface area contributed by atoms with Gasteiger partial charge in [-0.3, -0.25) is 4.79 Å². The molecular weight excluding hydrogens is 392 g/mol. The van der Waals surface area contributed by atoms with Gasteiger partial charge >= 0.3 is 5.97 Å². The minimum absolute atomic E-state index is 0.0203. The number of carbonyl (C=O) groups is 2. The maximum atomic E-state index is 12.8. The van der Waals surface area contributed by atoms with E-state index in [0.717, 1.165) is 25.7 Å². The molecule has 1 saturated heterocycles. The number of halogens is 1. The van der Waals surface area contributed by atoms with Gasteiger partial charge in [0.05, 0.1) is 10.6 Å². The molecule has 2 rings (SSSR count). The number of rotatable bonds is 7. The van der Waals surface area contributed by atoms with Crippen LogP contribution in [0.2, 0.25) is 5.02 Å². The summed E-state index contributed by atoms with van der Waals surface area (Å²) in [5, 5.41) is 2.73. The summed E-state index contributed by atoms with van der Waals surface area (Å²) in [4.78, 5) is 23.8. The molecule has 1 aliphatic heterocycles. The number of amides is 1. The minimum atomic E-state index is -3.78. The van der Waals surface area contributed by atoms with E-state index in [9.17, 15) is 18.0 Å². The first-order chi connectivity index (χ1) is 12.8. The molecule has 0 unspecified atom stereocenters. The molecule has 1 amide bonds. The average molecular weight is 417 g/mol. The van der Waals surface area contributed by atoms with Crippen molar-refractivity contribution in [2.24, 2.45) is 0 Å². The van der Waals surface area contributed by atoms with Gasteiger partial charge < -0.3 is 10.1 Å². The molecule has 0 bridgehead atoms. The van der Waals surface area contributed by atoms with Crippen LogP contribution < -0.4 is 5.32 Å². The van der Waals surface area contributed by atoms with Crippen molar-refractivity contribution in [1.29, 1.82) is 0 Å². The van der Waals surface area contributed by atoms with Crippen molar-refractivity contribution in [1.82, 2.24) is 9.62 Å². The van der Waals surface area contributed by atoms with E-state index in [1.165, 1.54) is 22.5 Å². The van der Waals surface area contributed by atoms with E-state index in [1.54, 1.807) is 0 Å². The van der Waals surface area contributed by atoms with Gasteiger partial charge in [0.2, 0.25) is 10.0 Å². The SMILES string of the molecule is CC[C@@H](C)NC(=O)COC(=O)c1ccc(Cl)c(S(=O)(=O)N2CCCCC2)c1. The Labute approximate surface area is 165 Å². The summed E-state index contributed by atoms with van der Waals surface area (Å²) >= 11 is 6.08. The number of hydrogen-bond acceptors (Lipinski definition) is 5. The van der Waals surface area contributed by atoms with E-state index in [0.29, 0.717) is 13.1 Å². The third-order valence-electron chi connectivity index (χ3n) is 4.45. The van der Waals surface area contributed by atoms with Crippen LogP contribution in [-0.2, 0) is 19.6 Å². The number of carbonyl (C=O) groups excluding carboxylic acids is 2. The summed E-state index contributed by atoms with van der Waals surface area (Å²) in [6, 6.07) is 3.93. The molecule has 0 spiro atoms. The molecule has 0 saturated carbocycles. The standard InChI is InChI=1S/C18H25ClN2O5S/c1-3-13(2)20-17(22)12-26-18(23)14-7-8-15(19)16(11-14)27(24,25)21-9-5-4-6-10-21/h7-8,11,13H,3-6,9-10,12H2,1-2H3,(H,20,22)/t13-/m1/s1. The fourth-order valence-electron chi connectivity index (χ4n) is 2.71. The van der Waals surface area contributed by atoms with Crippen LogP contribution >= 0.6 is 11.6 Å². The fourth-order valence-corrected chi connectivity index (χ4v) is 4.72. The molecule has 1 fully saturated rings. The summed E-state index contributed by atoms with van der Waals surface area (Å²) in [5.41, 5.74) is 0.0336. The van der Waals surface area contributed by atoms with Crippen molar-refractivity contribution in [3.8, 4) is 0 Å². The second-order valence-electron chi connectivity index (χ2n) is 6.56. The van der Waals surface area contributed by atoms with E-state index in [1.807, 2.05) is 13.8 Å². The Morgan fingerprint density at radius 1 is 1.26 bits per heavy atom. The molecule has 9 heteroatoms. The molecule has 1 N–H and O–H groups in total. The second kappa shape index (κ2) is 9.52. The molecule has 0 aromatic heterocycles. The largest absolute Gasteiger partial charge is 0.452 e. The van der Waals surface area contributed by atoms with Crippen molar-refractivity contribution in [3.05, 3.63) is 28.8 Å². The number of hydrogen-bond donors (Lipinski definition) is 1. The van der Waals surface area contributed by atoms with E-state index < -0.39 is 28.5 Å². The van der Waals surface area contributed by atoms with Crippen molar-refractivity contribution in [3.63, 3.8) is 0 Å². The number of nitrogens with one attached hydrogen (secondary N) is 1. The van der Waals surface area contributed by atoms with Gasteiger partial charge in [0, 0.05) is 19.1 Å². The lowest BCUT2D eigenvalue weighted by molar-refractivity contribution is -0.124. The van der Waals surface area contributed by atoms with Crippen LogP contribution in [0.5, 0.6) is 0 Å². The molecule has 150 valence electrons. The van der Waals surface area contributed by atoms with Crippen molar-refractivity contribution >= 4 is 33.5 Å². The van der Waals surface area contributed by atoms with Crippen LogP contribution in [0.4, 0.5) is 0 Å². The topological polar surface area (TPSA) is 92.8 Å². The Morgan fingerprint density at radius 2 is 1.93 bits per heavy atom. The normalized spacial score (nSPS) is 16.6. The zero-order chi connectivity index (χ0) is 20.0. The van der Waals surface area contributed by atoms with Gasteiger partial charge in [-0.15, -0.1) is 0 Å². The monoisotopic (exact) mass is 416 g/mol. The average Bonchev–Trinajstić information content (AvgIpc) is 2.66. The second-order valence-corrected chi connectivity index (χ2v) is 8.88. The lowest BCUT2D eigenvalue weighted by atomic mass is 10.2. The van der Waals surface area contributed by atoms with E-state index in [4.69, 9.17) is 16.3 Å². The Balaban J connectivity index is 2.12. The summed E-state index contributed by atoms with van der Waals surface area (Å²) in [6.45, 7) is 4.21. The highest BCUT2D eigenvalue weighted by atomic mass is 35.5. The minimum Gasteiger partial charge on any atom is -0.452 e. The summed E-state index contributed by atoms with van der Waals surface area (Å²) in [6.07, 6.45) is 3.34. The number of sulfonamides is 1. The molecule has 27 heavy (non-hydrogen) atoms. The lowest BCUT2D eigenvalue weighted by Gasteiger charge is -2.26. The van der Waals surface area contributed by atoms with E-state index >= 15 is 0 Å². The van der Waals surface area contributed by atoms with Crippen molar-refractivity contribution in [2.75, 3.05) is 19.7 Å². The van der Waals surface area contributed by atoms with Gasteiger partial charge in [0.1, 0.15) is 4.90 Å². The summed E-state index contributed by atoms with van der Waals surface area (Å²) in [7, 11) is -3.78. The van der Waals surface area contributed by atoms with Gasteiger partial charge in [0.25, 0.3) is 5.91 Å². The number of ether oxygens (including phenoxy) is 1. The maximum Gasteiger partial charge on any atom is 0.338 e. The van der Waals surface area contributed by atoms with Crippen molar-refractivity contribution < 1.29 is 22.7 Å². The smallest absolute Gasteiger partial charge is 0.338 e. The predicted molar refractivity (Wildman–Crippen MR) is 102 cm³/mol. The highest BCUT2D eigenvalue weighted by Crippen LogP contribution is 2.28. The molecule has 1 aliphatic rings. The molecule has 0 radical (unpaired) electrons. The maximum absolute atomic E-state index is 12.8. The molecule has 0 aliphatic carbocycles. The molecule has 1 aromatic rings. The van der Waals surface area contributed by atoms with Crippen LogP contribution in [0.15, 0.2) is 23.1 Å². The first-order valence-electron chi connectivity index (χ1n) is 9.02. The Hall–Kier alpha value is -1.64. The van der Waals surface area contributed by atoms with E-state index in [-0.39, 0.29) is 21.5 Å². The van der Waals surface area contributed by atoms with Gasteiger partial charge in [0.15, 0.2) is 6.61 Å². The number of nitrogens with zero attached hydrogens (tertiary/aromatic N) is 1. The zero-order valence-corrected chi connectivity index (χ0v) is 17.1. The zero-order valence-electron chi connectivity index (χ0n) is 15.5. The van der Waals surface area contributed by atoms with Gasteiger partial charge in [-0.2, -0.15) is 4.31 Å². The van der Waals surface area contributed by atoms with Gasteiger partial charge in [-0.25, -0.2) is 13.2 Å². The quantitative estimate of drug-likeness (QED) is 0.689. The molecule has 7 nitrogen and oxygen atoms in total. The fraction of sp³-hybridized carbons (Fsp3) is 0.556. The van der Waals surface area contributed by atoms with Crippen LogP contribution in [0, 0.1) is 0 Å². The summed E-state index contributed by atoms with van der Waals surface area (Å²) < 4.78 is 32.0. The highest BCUT2D eigenvalue weighted by molar-refractivity contribution is 7.89. The van der Waals surface area contributed by atoms with Crippen LogP contribution in [-0.4, -0.2) is 50.3 Å². The van der Waals surface area contributed by atoms with Gasteiger partial charge in [-0.05, 0) is 44.4 Å². The summed E-state index contributed by atoms with van der Waals surface area (Å²) in [5.74, 6) is -1.19. The first kappa shape index (κ1) is 21.7. The predicted octanol–water partition coefficient (Wildman–Crippen LogP) is 2.59. The number of esters is 1. The van der Waals surface area contributed by atoms with E-state index in [2.05, 4.69) is 5.32 Å². The highest BCUT2D eigenvalue weighted by Gasteiger charge is 2.29. The first-order valence-corrected chi connectivity index (χ1v) is 10.8. The third-order valence-corrected chi connectivity index (χ3v) is 6.83. The Morgan fingerprint density at radius 3 is 2.56 bits per heavy atom. The Kier molecular flexibility index (Phi) is 7.64. The van der Waals surface area contributed by atoms with Gasteiger partial charge in [-0.1, -0.05) is 24.9 Å². The van der Waals surface area contributed by atoms with Crippen LogP contribution in [0.1, 0.15) is 49.9 Å². The lowest BCUT2D eigenvalue weighted by Crippen LogP contribution is -2.36. The number of benzene rings is 1. The van der Waals surface area contributed by atoms with Crippen LogP contribution in [0.3, 0.4) is 0 Å². The third kappa shape index (κ3) is 5.67. The molecular formula is C18H25ClN2O5S. The van der Waals surface area contributed by atoms with Crippen LogP contribution in [0.25, 0.3) is 0 Å². The molecule has 1 aromatic carbocycles. The Bertz CT molecular complexity index is 791. The number of piperidine rings is 1. The molecule has 1 heterocycles. The van der Waals surface area contributed by atoms with Crippen molar-refractivity contribution in [2.45, 2.75) is 50.5 Å². The molecule has 1 atom stereocenters.